The van der Waals surface area contributed by atoms with Crippen molar-refractivity contribution in [2.45, 2.75) is 32.1 Å². The highest BCUT2D eigenvalue weighted by molar-refractivity contribution is 6.36. The number of nitrogens with zero attached hydrogens (tertiary/aromatic N) is 4. The molecule has 0 aliphatic carbocycles. The van der Waals surface area contributed by atoms with Crippen molar-refractivity contribution in [3.63, 3.8) is 0 Å². The lowest BCUT2D eigenvalue weighted by Crippen LogP contribution is -2.36. The summed E-state index contributed by atoms with van der Waals surface area (Å²) in [6.07, 6.45) is 7.20. The predicted octanol–water partition coefficient (Wildman–Crippen LogP) is 6.08. The van der Waals surface area contributed by atoms with E-state index in [2.05, 4.69) is 33.2 Å². The van der Waals surface area contributed by atoms with Crippen LogP contribution in [0.5, 0.6) is 0 Å². The number of aromatic nitrogens is 3. The summed E-state index contributed by atoms with van der Waals surface area (Å²) >= 11 is 6.51. The van der Waals surface area contributed by atoms with Gasteiger partial charge in [0.1, 0.15) is 11.6 Å². The molecule has 196 valence electrons. The number of pyridine rings is 3. The molecule has 4 aromatic rings. The summed E-state index contributed by atoms with van der Waals surface area (Å²) in [6.45, 7) is 8.07. The Hall–Kier alpha value is -3.36. The third kappa shape index (κ3) is 4.46. The van der Waals surface area contributed by atoms with Gasteiger partial charge in [-0.25, -0.2) is 13.8 Å². The van der Waals surface area contributed by atoms with Crippen molar-refractivity contribution in [2.24, 2.45) is 0 Å². The number of ether oxygens (including phenoxy) is 1. The van der Waals surface area contributed by atoms with Crippen molar-refractivity contribution >= 4 is 33.9 Å². The minimum absolute atomic E-state index is 0.121. The van der Waals surface area contributed by atoms with Crippen molar-refractivity contribution in [1.82, 2.24) is 15.0 Å². The van der Waals surface area contributed by atoms with Crippen LogP contribution in [0.15, 0.2) is 42.9 Å². The molecule has 0 bridgehead atoms. The highest BCUT2D eigenvalue weighted by atomic mass is 35.5. The van der Waals surface area contributed by atoms with E-state index in [1.807, 2.05) is 18.5 Å². The maximum atomic E-state index is 14.4. The van der Waals surface area contributed by atoms with Crippen LogP contribution in [0, 0.1) is 18.6 Å². The number of benzene rings is 1. The van der Waals surface area contributed by atoms with Crippen molar-refractivity contribution < 1.29 is 13.5 Å². The Balaban J connectivity index is 1.24. The maximum absolute atomic E-state index is 14.4. The van der Waals surface area contributed by atoms with Gasteiger partial charge in [0.15, 0.2) is 0 Å². The largest absolute Gasteiger partial charge is 0.383 e. The lowest BCUT2D eigenvalue weighted by atomic mass is 9.82. The molecule has 38 heavy (non-hydrogen) atoms. The number of hydrogen-bond donors (Lipinski definition) is 1. The second kappa shape index (κ2) is 9.75. The number of hydrogen-bond acceptors (Lipinski definition) is 6. The van der Waals surface area contributed by atoms with E-state index >= 15 is 0 Å². The van der Waals surface area contributed by atoms with Gasteiger partial charge in [0.05, 0.1) is 58.1 Å². The van der Waals surface area contributed by atoms with Crippen molar-refractivity contribution in [3.8, 4) is 11.3 Å². The number of fused-ring (bicyclic) bond motifs is 2. The molecule has 6 rings (SSSR count). The summed E-state index contributed by atoms with van der Waals surface area (Å²) < 4.78 is 33.8. The average molecular weight is 536 g/mol. The molecular formula is C29H28ClF2N5O. The van der Waals surface area contributed by atoms with Gasteiger partial charge in [-0.1, -0.05) is 18.5 Å². The molecule has 0 spiro atoms. The Kier molecular flexibility index (Phi) is 6.40. The van der Waals surface area contributed by atoms with Crippen molar-refractivity contribution in [3.05, 3.63) is 76.3 Å². The lowest BCUT2D eigenvalue weighted by Gasteiger charge is -2.29. The fourth-order valence-corrected chi connectivity index (χ4v) is 5.74. The molecule has 2 aliphatic rings. The zero-order valence-corrected chi connectivity index (χ0v) is 22.1. The Morgan fingerprint density at radius 1 is 1.11 bits per heavy atom. The van der Waals surface area contributed by atoms with Gasteiger partial charge >= 0.3 is 0 Å². The molecule has 9 heteroatoms. The molecule has 0 amide bonds. The smallest absolute Gasteiger partial charge is 0.137 e. The van der Waals surface area contributed by atoms with Crippen LogP contribution < -0.4 is 10.2 Å². The van der Waals surface area contributed by atoms with Crippen LogP contribution in [0.3, 0.4) is 0 Å². The van der Waals surface area contributed by atoms with E-state index < -0.39 is 11.6 Å². The van der Waals surface area contributed by atoms with E-state index in [0.29, 0.717) is 11.3 Å². The number of nitrogens with one attached hydrogen (secondary N) is 1. The number of morpholine rings is 1. The van der Waals surface area contributed by atoms with Crippen LogP contribution in [0.4, 0.5) is 20.2 Å². The second-order valence-corrected chi connectivity index (χ2v) is 10.7. The number of rotatable bonds is 5. The van der Waals surface area contributed by atoms with Gasteiger partial charge in [-0.2, -0.15) is 0 Å². The third-order valence-corrected chi connectivity index (χ3v) is 8.17. The van der Waals surface area contributed by atoms with Gasteiger partial charge in [0, 0.05) is 55.1 Å². The first kappa shape index (κ1) is 24.9. The minimum atomic E-state index is -0.719. The molecule has 1 atom stereocenters. The third-order valence-electron chi connectivity index (χ3n) is 7.69. The molecule has 1 aromatic carbocycles. The van der Waals surface area contributed by atoms with Crippen LogP contribution in [0.2, 0.25) is 5.02 Å². The highest BCUT2D eigenvalue weighted by Crippen LogP contribution is 2.40. The molecule has 0 saturated carbocycles. The van der Waals surface area contributed by atoms with Gasteiger partial charge in [-0.3, -0.25) is 9.97 Å². The standard InChI is InChI=1S/C29H28ClF2N5O/c1-17-26(30)25-22(32)10-20(31)11-23(25)36-27(17)19-9-18(13-33-14-19)3-4-29(2)16-35-24-12-21(15-34-28(24)29)37-5-7-38-8-6-37/h9-15,35H,3-8,16H2,1-2H3. The average Bonchev–Trinajstić information content (AvgIpc) is 3.26. The molecular weight excluding hydrogens is 508 g/mol. The summed E-state index contributed by atoms with van der Waals surface area (Å²) in [5.41, 5.74) is 6.36. The SMILES string of the molecule is Cc1c(-c2cncc(CCC3(C)CNc4cc(N5CCOCC5)cnc43)c2)nc2cc(F)cc(F)c2c1Cl. The van der Waals surface area contributed by atoms with Crippen LogP contribution in [0.25, 0.3) is 22.2 Å². The minimum Gasteiger partial charge on any atom is -0.383 e. The van der Waals surface area contributed by atoms with E-state index in [1.165, 1.54) is 6.07 Å². The molecule has 3 aromatic heterocycles. The van der Waals surface area contributed by atoms with Gasteiger partial charge in [-0.05, 0) is 43.0 Å². The number of anilines is 2. The maximum Gasteiger partial charge on any atom is 0.137 e. The molecule has 6 nitrogen and oxygen atoms in total. The first-order chi connectivity index (χ1) is 18.3. The van der Waals surface area contributed by atoms with Crippen LogP contribution in [-0.2, 0) is 16.6 Å². The summed E-state index contributed by atoms with van der Waals surface area (Å²) in [6, 6.07) is 6.26. The first-order valence-corrected chi connectivity index (χ1v) is 13.2. The van der Waals surface area contributed by atoms with Gasteiger partial charge in [0.2, 0.25) is 0 Å². The molecule has 2 aliphatic heterocycles. The van der Waals surface area contributed by atoms with Crippen molar-refractivity contribution in [2.75, 3.05) is 43.1 Å². The van der Waals surface area contributed by atoms with E-state index in [4.69, 9.17) is 21.3 Å². The number of aryl methyl sites for hydroxylation is 1. The van der Waals surface area contributed by atoms with Crippen LogP contribution in [-0.4, -0.2) is 47.8 Å². The fraction of sp³-hybridized carbons (Fsp3) is 0.345. The normalized spacial score (nSPS) is 19.0. The monoisotopic (exact) mass is 535 g/mol. The summed E-state index contributed by atoms with van der Waals surface area (Å²) in [5, 5.41) is 3.92. The first-order valence-electron chi connectivity index (χ1n) is 12.8. The zero-order chi connectivity index (χ0) is 26.4. The van der Waals surface area contributed by atoms with E-state index in [0.717, 1.165) is 80.0 Å². The number of halogens is 3. The molecule has 1 saturated heterocycles. The summed E-state index contributed by atoms with van der Waals surface area (Å²) in [7, 11) is 0. The lowest BCUT2D eigenvalue weighted by molar-refractivity contribution is 0.122. The molecule has 0 radical (unpaired) electrons. The molecule has 1 N–H and O–H groups in total. The van der Waals surface area contributed by atoms with Crippen molar-refractivity contribution in [1.29, 1.82) is 0 Å². The predicted molar refractivity (Wildman–Crippen MR) is 146 cm³/mol. The van der Waals surface area contributed by atoms with E-state index in [1.54, 1.807) is 13.1 Å². The fourth-order valence-electron chi connectivity index (χ4n) is 5.46. The van der Waals surface area contributed by atoms with Crippen LogP contribution in [0.1, 0.15) is 30.2 Å². The van der Waals surface area contributed by atoms with E-state index in [9.17, 15) is 8.78 Å². The Bertz CT molecular complexity index is 1540. The zero-order valence-electron chi connectivity index (χ0n) is 21.3. The topological polar surface area (TPSA) is 63.2 Å². The highest BCUT2D eigenvalue weighted by Gasteiger charge is 2.36. The Morgan fingerprint density at radius 3 is 2.74 bits per heavy atom. The molecule has 1 unspecified atom stereocenters. The quantitative estimate of drug-likeness (QED) is 0.334. The summed E-state index contributed by atoms with van der Waals surface area (Å²) in [4.78, 5) is 16.2. The Morgan fingerprint density at radius 2 is 1.92 bits per heavy atom. The second-order valence-electron chi connectivity index (χ2n) is 10.4. The summed E-state index contributed by atoms with van der Waals surface area (Å²) in [5.74, 6) is -1.41. The molecule has 5 heterocycles. The Labute approximate surface area is 225 Å². The molecule has 1 fully saturated rings. The van der Waals surface area contributed by atoms with Gasteiger partial charge < -0.3 is 15.0 Å². The van der Waals surface area contributed by atoms with Gasteiger partial charge in [-0.15, -0.1) is 0 Å². The van der Waals surface area contributed by atoms with E-state index in [-0.39, 0.29) is 21.3 Å². The van der Waals surface area contributed by atoms with Crippen LogP contribution >= 0.6 is 11.6 Å². The van der Waals surface area contributed by atoms with Gasteiger partial charge in [0.25, 0.3) is 0 Å².